The van der Waals surface area contributed by atoms with Gasteiger partial charge in [-0.05, 0) is 31.8 Å². The first-order valence-corrected chi connectivity index (χ1v) is 3.97. The summed E-state index contributed by atoms with van der Waals surface area (Å²) in [4.78, 5) is 0. The summed E-state index contributed by atoms with van der Waals surface area (Å²) in [7, 11) is 0. The van der Waals surface area contributed by atoms with Crippen LogP contribution in [0.2, 0.25) is 0 Å². The molecule has 1 rings (SSSR count). The molecule has 0 saturated heterocycles. The van der Waals surface area contributed by atoms with Gasteiger partial charge in [0.15, 0.2) is 0 Å². The molecule has 0 heterocycles. The lowest BCUT2D eigenvalue weighted by Gasteiger charge is -2.16. The maximum atomic E-state index is 3.36. The van der Waals surface area contributed by atoms with Crippen LogP contribution < -0.4 is 0 Å². The minimum absolute atomic E-state index is 0.795. The molecule has 1 aliphatic carbocycles. The smallest absolute Gasteiger partial charge is 0.0163 e. The molecule has 1 fully saturated rings. The highest BCUT2D eigenvalue weighted by Crippen LogP contribution is 2.23. The highest BCUT2D eigenvalue weighted by atomic mass is 14.1. The van der Waals surface area contributed by atoms with Gasteiger partial charge in [0.1, 0.15) is 0 Å². The third-order valence-electron chi connectivity index (χ3n) is 2.01. The Balaban J connectivity index is 2.23. The Hall–Kier alpha value is -0.260. The van der Waals surface area contributed by atoms with Crippen molar-refractivity contribution in [3.05, 3.63) is 12.2 Å². The van der Waals surface area contributed by atoms with Crippen LogP contribution in [0.15, 0.2) is 6.08 Å². The van der Waals surface area contributed by atoms with E-state index in [0.717, 1.165) is 5.92 Å². The van der Waals surface area contributed by atoms with Gasteiger partial charge in [-0.3, -0.25) is 0 Å². The van der Waals surface area contributed by atoms with E-state index in [9.17, 15) is 0 Å². The minimum Gasteiger partial charge on any atom is -0.0839 e. The van der Waals surface area contributed by atoms with Gasteiger partial charge < -0.3 is 0 Å². The molecule has 0 spiro atoms. The molecule has 0 aliphatic heterocycles. The van der Waals surface area contributed by atoms with Crippen LogP contribution in [-0.4, -0.2) is 0 Å². The number of hydrogen-bond acceptors (Lipinski definition) is 0. The fourth-order valence-electron chi connectivity index (χ4n) is 1.50. The Kier molecular flexibility index (Phi) is 2.82. The van der Waals surface area contributed by atoms with Crippen molar-refractivity contribution in [3.63, 3.8) is 0 Å². The zero-order valence-corrected chi connectivity index (χ0v) is 6.19. The minimum atomic E-state index is 0.795. The predicted octanol–water partition coefficient (Wildman–Crippen LogP) is 2.95. The summed E-state index contributed by atoms with van der Waals surface area (Å²) < 4.78 is 0. The SMILES string of the molecule is CC=[C]C1CCCCC1. The van der Waals surface area contributed by atoms with Gasteiger partial charge in [0.2, 0.25) is 0 Å². The van der Waals surface area contributed by atoms with Crippen LogP contribution >= 0.6 is 0 Å². The quantitative estimate of drug-likeness (QED) is 0.503. The van der Waals surface area contributed by atoms with E-state index >= 15 is 0 Å². The third kappa shape index (κ3) is 2.21. The van der Waals surface area contributed by atoms with Crippen LogP contribution in [0.1, 0.15) is 39.0 Å². The van der Waals surface area contributed by atoms with E-state index in [2.05, 4.69) is 19.1 Å². The summed E-state index contributed by atoms with van der Waals surface area (Å²) in [5.41, 5.74) is 0. The fourth-order valence-corrected chi connectivity index (χ4v) is 1.50. The molecule has 1 aliphatic rings. The molecule has 1 radical (unpaired) electrons. The zero-order valence-electron chi connectivity index (χ0n) is 6.19. The summed E-state index contributed by atoms with van der Waals surface area (Å²) in [5, 5.41) is 0. The van der Waals surface area contributed by atoms with Crippen molar-refractivity contribution in [2.45, 2.75) is 39.0 Å². The Morgan fingerprint density at radius 3 is 2.44 bits per heavy atom. The molecule has 1 saturated carbocycles. The molecule has 0 aromatic heterocycles. The van der Waals surface area contributed by atoms with Crippen molar-refractivity contribution in [2.24, 2.45) is 5.92 Å². The highest BCUT2D eigenvalue weighted by Gasteiger charge is 2.08. The molecule has 0 aromatic rings. The second-order valence-electron chi connectivity index (χ2n) is 2.79. The molecular formula is C9H15. The Bertz CT molecular complexity index is 86.2. The first kappa shape index (κ1) is 6.85. The second kappa shape index (κ2) is 3.71. The van der Waals surface area contributed by atoms with Gasteiger partial charge in [0.05, 0.1) is 0 Å². The molecule has 9 heavy (non-hydrogen) atoms. The maximum Gasteiger partial charge on any atom is -0.0163 e. The summed E-state index contributed by atoms with van der Waals surface area (Å²) in [5.74, 6) is 0.795. The summed E-state index contributed by atoms with van der Waals surface area (Å²) in [6.45, 7) is 2.06. The van der Waals surface area contributed by atoms with Gasteiger partial charge in [0, 0.05) is 0 Å². The van der Waals surface area contributed by atoms with Gasteiger partial charge in [-0.15, -0.1) is 0 Å². The molecule has 51 valence electrons. The molecule has 0 bridgehead atoms. The fraction of sp³-hybridized carbons (Fsp3) is 0.778. The highest BCUT2D eigenvalue weighted by molar-refractivity contribution is 4.79. The normalized spacial score (nSPS) is 23.2. The third-order valence-corrected chi connectivity index (χ3v) is 2.01. The van der Waals surface area contributed by atoms with Gasteiger partial charge in [-0.2, -0.15) is 0 Å². The maximum absolute atomic E-state index is 3.36. The predicted molar refractivity (Wildman–Crippen MR) is 40.1 cm³/mol. The van der Waals surface area contributed by atoms with Gasteiger partial charge in [-0.1, -0.05) is 25.3 Å². The van der Waals surface area contributed by atoms with Crippen molar-refractivity contribution in [1.29, 1.82) is 0 Å². The van der Waals surface area contributed by atoms with Crippen LogP contribution in [0.3, 0.4) is 0 Å². The van der Waals surface area contributed by atoms with Crippen molar-refractivity contribution < 1.29 is 0 Å². The molecule has 0 heteroatoms. The summed E-state index contributed by atoms with van der Waals surface area (Å²) in [6, 6.07) is 0. The Morgan fingerprint density at radius 1 is 1.22 bits per heavy atom. The van der Waals surface area contributed by atoms with Gasteiger partial charge in [0.25, 0.3) is 0 Å². The van der Waals surface area contributed by atoms with Crippen LogP contribution in [0.25, 0.3) is 0 Å². The van der Waals surface area contributed by atoms with E-state index in [0.29, 0.717) is 0 Å². The summed E-state index contributed by atoms with van der Waals surface area (Å²) in [6.07, 6.45) is 12.5. The van der Waals surface area contributed by atoms with Gasteiger partial charge >= 0.3 is 0 Å². The van der Waals surface area contributed by atoms with E-state index < -0.39 is 0 Å². The average molecular weight is 123 g/mol. The number of hydrogen-bond donors (Lipinski definition) is 0. The monoisotopic (exact) mass is 123 g/mol. The topological polar surface area (TPSA) is 0 Å². The first-order valence-electron chi connectivity index (χ1n) is 3.97. The lowest BCUT2D eigenvalue weighted by molar-refractivity contribution is 0.410. The zero-order chi connectivity index (χ0) is 6.53. The van der Waals surface area contributed by atoms with Crippen LogP contribution in [0, 0.1) is 12.0 Å². The molecule has 0 amide bonds. The second-order valence-corrected chi connectivity index (χ2v) is 2.79. The molecule has 0 unspecified atom stereocenters. The Labute approximate surface area is 58.0 Å². The van der Waals surface area contributed by atoms with E-state index in [4.69, 9.17) is 0 Å². The largest absolute Gasteiger partial charge is 0.0839 e. The van der Waals surface area contributed by atoms with Crippen LogP contribution in [0.5, 0.6) is 0 Å². The van der Waals surface area contributed by atoms with Crippen molar-refractivity contribution in [3.8, 4) is 0 Å². The lowest BCUT2D eigenvalue weighted by Crippen LogP contribution is -2.02. The van der Waals surface area contributed by atoms with Crippen molar-refractivity contribution in [1.82, 2.24) is 0 Å². The van der Waals surface area contributed by atoms with E-state index in [-0.39, 0.29) is 0 Å². The molecule has 0 nitrogen and oxygen atoms in total. The molecule has 0 N–H and O–H groups in total. The lowest BCUT2D eigenvalue weighted by atomic mass is 9.89. The first-order chi connectivity index (χ1) is 4.43. The van der Waals surface area contributed by atoms with E-state index in [1.807, 2.05) is 0 Å². The van der Waals surface area contributed by atoms with Crippen molar-refractivity contribution in [2.75, 3.05) is 0 Å². The number of rotatable bonds is 1. The van der Waals surface area contributed by atoms with Crippen LogP contribution in [-0.2, 0) is 0 Å². The molecule has 0 atom stereocenters. The number of allylic oxidation sites excluding steroid dienone is 2. The Morgan fingerprint density at radius 2 is 1.89 bits per heavy atom. The van der Waals surface area contributed by atoms with Crippen LogP contribution in [0.4, 0.5) is 0 Å². The van der Waals surface area contributed by atoms with Gasteiger partial charge in [-0.25, -0.2) is 0 Å². The standard InChI is InChI=1S/C9H15/c1-2-6-9-7-4-3-5-8-9/h2,9H,3-5,7-8H2,1H3. The van der Waals surface area contributed by atoms with Crippen molar-refractivity contribution >= 4 is 0 Å². The average Bonchev–Trinajstić information content (AvgIpc) is 1.91. The summed E-state index contributed by atoms with van der Waals surface area (Å²) >= 11 is 0. The van der Waals surface area contributed by atoms with E-state index in [1.54, 1.807) is 0 Å². The molecule has 0 aromatic carbocycles. The molecular weight excluding hydrogens is 108 g/mol. The van der Waals surface area contributed by atoms with E-state index in [1.165, 1.54) is 32.1 Å².